The molecular weight excluding hydrogens is 602 g/mol. The van der Waals surface area contributed by atoms with Crippen LogP contribution in [0, 0.1) is 0 Å². The fraction of sp³-hybridized carbons (Fsp3) is 0.822. The number of nitrogens with zero attached hydrogens (tertiary/aromatic N) is 1. The van der Waals surface area contributed by atoms with Gasteiger partial charge in [-0.15, -0.1) is 0 Å². The van der Waals surface area contributed by atoms with Gasteiger partial charge in [-0.1, -0.05) is 140 Å². The largest absolute Gasteiger partial charge is 0.368 e. The van der Waals surface area contributed by atoms with Crippen molar-refractivity contribution in [2.45, 2.75) is 218 Å². The van der Waals surface area contributed by atoms with Gasteiger partial charge < -0.3 is 19.1 Å². The topological polar surface area (TPSA) is 30.9 Å². The van der Waals surface area contributed by atoms with Crippen molar-refractivity contribution in [1.82, 2.24) is 4.90 Å². The van der Waals surface area contributed by atoms with Crippen LogP contribution in [0.3, 0.4) is 0 Å². The standard InChI is InChI=1S/C45H81NO3/c1-6-8-10-12-14-16-18-20-22-24-26-28-30-32-34-36-38-45(48-43-41(3)47-42(40-46(4)5)44(43)49-45)39-37-35-33-31-29-27-25-23-21-19-17-15-13-11-9-7-2/h14-17,20-23,41-44H,6-13,18-19,24-40H2,1-5H3/b16-14-,17-15-,22-20-,23-21-/t41-,42+,43?,44?/m0/s1. The van der Waals surface area contributed by atoms with Gasteiger partial charge in [0, 0.05) is 19.4 Å². The lowest BCUT2D eigenvalue weighted by Gasteiger charge is -2.31. The molecule has 0 spiro atoms. The van der Waals surface area contributed by atoms with E-state index < -0.39 is 5.79 Å². The van der Waals surface area contributed by atoms with Crippen LogP contribution in [0.1, 0.15) is 188 Å². The minimum atomic E-state index is -0.414. The fourth-order valence-electron chi connectivity index (χ4n) is 7.37. The van der Waals surface area contributed by atoms with Gasteiger partial charge >= 0.3 is 0 Å². The van der Waals surface area contributed by atoms with E-state index in [-0.39, 0.29) is 24.4 Å². The summed E-state index contributed by atoms with van der Waals surface area (Å²) in [7, 11) is 4.25. The van der Waals surface area contributed by atoms with E-state index in [2.05, 4.69) is 88.4 Å². The molecule has 0 bridgehead atoms. The molecule has 2 aliphatic rings. The number of likely N-dealkylation sites (N-methyl/N-ethyl adjacent to an activating group) is 1. The zero-order valence-corrected chi connectivity index (χ0v) is 33.2. The molecule has 2 heterocycles. The second-order valence-electron chi connectivity index (χ2n) is 15.4. The molecule has 2 fully saturated rings. The van der Waals surface area contributed by atoms with Crippen LogP contribution in [0.25, 0.3) is 0 Å². The maximum Gasteiger partial charge on any atom is 0.169 e. The van der Waals surface area contributed by atoms with Gasteiger partial charge in [0.15, 0.2) is 5.79 Å². The molecule has 0 amide bonds. The fourth-order valence-corrected chi connectivity index (χ4v) is 7.37. The lowest BCUT2D eigenvalue weighted by Crippen LogP contribution is -2.38. The van der Waals surface area contributed by atoms with Crippen molar-refractivity contribution in [3.05, 3.63) is 48.6 Å². The summed E-state index contributed by atoms with van der Waals surface area (Å²) in [5.41, 5.74) is 0. The third-order valence-corrected chi connectivity index (χ3v) is 10.3. The molecule has 49 heavy (non-hydrogen) atoms. The van der Waals surface area contributed by atoms with Gasteiger partial charge in [0.25, 0.3) is 0 Å². The lowest BCUT2D eigenvalue weighted by atomic mass is 9.98. The predicted molar refractivity (Wildman–Crippen MR) is 213 cm³/mol. The molecule has 0 aliphatic carbocycles. The van der Waals surface area contributed by atoms with E-state index >= 15 is 0 Å². The Bertz CT molecular complexity index is 826. The van der Waals surface area contributed by atoms with Crippen LogP contribution in [0.2, 0.25) is 0 Å². The Kier molecular flexibility index (Phi) is 26.4. The van der Waals surface area contributed by atoms with Gasteiger partial charge in [-0.3, -0.25) is 0 Å². The van der Waals surface area contributed by atoms with Crippen LogP contribution in [-0.2, 0) is 14.2 Å². The summed E-state index contributed by atoms with van der Waals surface area (Å²) in [6.07, 6.45) is 51.9. The maximum atomic E-state index is 6.91. The van der Waals surface area contributed by atoms with Gasteiger partial charge in [-0.25, -0.2) is 0 Å². The normalized spacial score (nSPS) is 22.3. The Balaban J connectivity index is 1.63. The van der Waals surface area contributed by atoms with Gasteiger partial charge in [-0.05, 0) is 98.1 Å². The minimum Gasteiger partial charge on any atom is -0.368 e. The van der Waals surface area contributed by atoms with E-state index in [1.54, 1.807) is 0 Å². The number of allylic oxidation sites excluding steroid dienone is 8. The second kappa shape index (κ2) is 29.4. The third-order valence-electron chi connectivity index (χ3n) is 10.3. The quantitative estimate of drug-likeness (QED) is 0.0522. The summed E-state index contributed by atoms with van der Waals surface area (Å²) < 4.78 is 20.1. The number of hydrogen-bond acceptors (Lipinski definition) is 4. The molecule has 4 heteroatoms. The zero-order valence-electron chi connectivity index (χ0n) is 33.2. The maximum absolute atomic E-state index is 6.91. The van der Waals surface area contributed by atoms with Crippen LogP contribution < -0.4 is 0 Å². The van der Waals surface area contributed by atoms with E-state index in [1.807, 2.05) is 0 Å². The summed E-state index contributed by atoms with van der Waals surface area (Å²) in [6.45, 7) is 7.60. The first kappa shape index (κ1) is 44.0. The summed E-state index contributed by atoms with van der Waals surface area (Å²) in [5, 5.41) is 0. The minimum absolute atomic E-state index is 0.0617. The first-order valence-electron chi connectivity index (χ1n) is 21.3. The number of hydrogen-bond donors (Lipinski definition) is 0. The number of fused-ring (bicyclic) bond motifs is 1. The number of unbranched alkanes of at least 4 members (excludes halogenated alkanes) is 18. The highest BCUT2D eigenvalue weighted by Crippen LogP contribution is 2.44. The van der Waals surface area contributed by atoms with Gasteiger partial charge in [0.2, 0.25) is 0 Å². The molecule has 0 N–H and O–H groups in total. The molecule has 2 unspecified atom stereocenters. The highest BCUT2D eigenvalue weighted by atomic mass is 16.8. The van der Waals surface area contributed by atoms with Crippen LogP contribution in [0.15, 0.2) is 48.6 Å². The Hall–Kier alpha value is -1.20. The molecule has 0 aromatic carbocycles. The number of rotatable bonds is 32. The molecular formula is C45H81NO3. The molecule has 2 rings (SSSR count). The Labute approximate surface area is 305 Å². The van der Waals surface area contributed by atoms with Crippen LogP contribution >= 0.6 is 0 Å². The predicted octanol–water partition coefficient (Wildman–Crippen LogP) is 13.2. The lowest BCUT2D eigenvalue weighted by molar-refractivity contribution is -0.217. The molecule has 4 nitrogen and oxygen atoms in total. The smallest absolute Gasteiger partial charge is 0.169 e. The van der Waals surface area contributed by atoms with E-state index in [0.717, 1.165) is 32.2 Å². The SMILES string of the molecule is CCCCC/C=C\C/C=C\CCCCCCCCC1(CCCCCCCC/C=C\C/C=C\CCCCC)OC2C(O1)[C@@H](CN(C)C)O[C@H]2C. The molecule has 284 valence electrons. The molecule has 0 aromatic rings. The second-order valence-corrected chi connectivity index (χ2v) is 15.4. The van der Waals surface area contributed by atoms with Crippen molar-refractivity contribution in [2.75, 3.05) is 20.6 Å². The molecule has 0 aromatic heterocycles. The first-order chi connectivity index (χ1) is 24.0. The van der Waals surface area contributed by atoms with Crippen LogP contribution in [-0.4, -0.2) is 55.7 Å². The van der Waals surface area contributed by atoms with Gasteiger partial charge in [-0.2, -0.15) is 0 Å². The average Bonchev–Trinajstić information content (AvgIpc) is 3.59. The van der Waals surface area contributed by atoms with Crippen molar-refractivity contribution in [1.29, 1.82) is 0 Å². The highest BCUT2D eigenvalue weighted by Gasteiger charge is 2.56. The van der Waals surface area contributed by atoms with Crippen LogP contribution in [0.4, 0.5) is 0 Å². The monoisotopic (exact) mass is 684 g/mol. The molecule has 4 atom stereocenters. The van der Waals surface area contributed by atoms with Gasteiger partial charge in [0.1, 0.15) is 12.2 Å². The van der Waals surface area contributed by atoms with Crippen molar-refractivity contribution in [3.8, 4) is 0 Å². The van der Waals surface area contributed by atoms with E-state index in [9.17, 15) is 0 Å². The zero-order chi connectivity index (χ0) is 35.3. The van der Waals surface area contributed by atoms with Crippen molar-refractivity contribution in [3.63, 3.8) is 0 Å². The van der Waals surface area contributed by atoms with E-state index in [1.165, 1.54) is 141 Å². The molecule has 2 aliphatic heterocycles. The summed E-state index contributed by atoms with van der Waals surface area (Å²) >= 11 is 0. The van der Waals surface area contributed by atoms with E-state index in [0.29, 0.717) is 0 Å². The molecule has 0 radical (unpaired) electrons. The van der Waals surface area contributed by atoms with Crippen LogP contribution in [0.5, 0.6) is 0 Å². The molecule has 2 saturated heterocycles. The average molecular weight is 684 g/mol. The van der Waals surface area contributed by atoms with Crippen molar-refractivity contribution >= 4 is 0 Å². The van der Waals surface area contributed by atoms with Crippen molar-refractivity contribution < 1.29 is 14.2 Å². The third kappa shape index (κ3) is 21.0. The Morgan fingerprint density at radius 3 is 1.31 bits per heavy atom. The first-order valence-corrected chi connectivity index (χ1v) is 21.3. The van der Waals surface area contributed by atoms with E-state index in [4.69, 9.17) is 14.2 Å². The van der Waals surface area contributed by atoms with Gasteiger partial charge in [0.05, 0.1) is 12.2 Å². The summed E-state index contributed by atoms with van der Waals surface area (Å²) in [4.78, 5) is 2.22. The number of ether oxygens (including phenoxy) is 3. The Morgan fingerprint density at radius 1 is 0.490 bits per heavy atom. The van der Waals surface area contributed by atoms with Crippen molar-refractivity contribution in [2.24, 2.45) is 0 Å². The summed E-state index contributed by atoms with van der Waals surface area (Å²) in [5.74, 6) is -0.414. The summed E-state index contributed by atoms with van der Waals surface area (Å²) in [6, 6.07) is 0. The highest BCUT2D eigenvalue weighted by molar-refractivity contribution is 4.99. The molecule has 0 saturated carbocycles. The Morgan fingerprint density at radius 2 is 0.878 bits per heavy atom.